The van der Waals surface area contributed by atoms with Crippen LogP contribution in [0.2, 0.25) is 5.02 Å². The van der Waals surface area contributed by atoms with E-state index in [2.05, 4.69) is 6.07 Å². The lowest BCUT2D eigenvalue weighted by atomic mass is 10.1. The Labute approximate surface area is 99.2 Å². The predicted octanol–water partition coefficient (Wildman–Crippen LogP) is 2.53. The fraction of sp³-hybridized carbons (Fsp3) is 0.333. The highest BCUT2D eigenvalue weighted by Gasteiger charge is 2.31. The van der Waals surface area contributed by atoms with Crippen LogP contribution >= 0.6 is 11.6 Å². The molecule has 1 aromatic rings. The van der Waals surface area contributed by atoms with E-state index in [4.69, 9.17) is 16.9 Å². The van der Waals surface area contributed by atoms with E-state index in [-0.39, 0.29) is 11.9 Å². The third-order valence-corrected chi connectivity index (χ3v) is 3.02. The molecule has 1 aliphatic heterocycles. The van der Waals surface area contributed by atoms with Gasteiger partial charge in [-0.15, -0.1) is 0 Å². The Morgan fingerprint density at radius 1 is 1.69 bits per heavy atom. The van der Waals surface area contributed by atoms with Gasteiger partial charge in [-0.25, -0.2) is 0 Å². The highest BCUT2D eigenvalue weighted by molar-refractivity contribution is 6.30. The SMILES string of the molecule is CC(=O)N1c2ccc(Cl)cc2C[C@H]1CC#N. The van der Waals surface area contributed by atoms with Gasteiger partial charge in [-0.2, -0.15) is 5.26 Å². The lowest BCUT2D eigenvalue weighted by Gasteiger charge is -2.21. The standard InChI is InChI=1S/C12H11ClN2O/c1-8(16)15-11(4-5-14)7-9-6-10(13)2-3-12(9)15/h2-3,6,11H,4,7H2,1H3/t11-/m1/s1. The number of fused-ring (bicyclic) bond motifs is 1. The summed E-state index contributed by atoms with van der Waals surface area (Å²) in [5, 5.41) is 9.41. The molecule has 16 heavy (non-hydrogen) atoms. The first-order valence-electron chi connectivity index (χ1n) is 5.08. The van der Waals surface area contributed by atoms with Crippen molar-refractivity contribution in [2.45, 2.75) is 25.8 Å². The van der Waals surface area contributed by atoms with Crippen molar-refractivity contribution in [1.82, 2.24) is 0 Å². The Bertz CT molecular complexity index is 478. The van der Waals surface area contributed by atoms with E-state index in [1.165, 1.54) is 6.92 Å². The van der Waals surface area contributed by atoms with Gasteiger partial charge < -0.3 is 4.90 Å². The number of amides is 1. The van der Waals surface area contributed by atoms with Crippen LogP contribution in [0.25, 0.3) is 0 Å². The molecule has 0 bridgehead atoms. The summed E-state index contributed by atoms with van der Waals surface area (Å²) in [5.74, 6) is -0.0266. The third kappa shape index (κ3) is 1.77. The molecule has 0 aliphatic carbocycles. The molecule has 1 atom stereocenters. The van der Waals surface area contributed by atoms with Gasteiger partial charge in [-0.3, -0.25) is 4.79 Å². The zero-order chi connectivity index (χ0) is 11.7. The van der Waals surface area contributed by atoms with Crippen molar-refractivity contribution in [2.75, 3.05) is 4.90 Å². The van der Waals surface area contributed by atoms with Crippen LogP contribution in [0.3, 0.4) is 0 Å². The summed E-state index contributed by atoms with van der Waals surface area (Å²) in [5.41, 5.74) is 1.93. The Morgan fingerprint density at radius 2 is 2.44 bits per heavy atom. The van der Waals surface area contributed by atoms with Crippen molar-refractivity contribution >= 4 is 23.2 Å². The summed E-state index contributed by atoms with van der Waals surface area (Å²) in [7, 11) is 0. The van der Waals surface area contributed by atoms with E-state index in [0.717, 1.165) is 11.3 Å². The quantitative estimate of drug-likeness (QED) is 0.750. The van der Waals surface area contributed by atoms with Crippen LogP contribution in [-0.4, -0.2) is 11.9 Å². The molecule has 1 heterocycles. The van der Waals surface area contributed by atoms with Gasteiger partial charge in [0.1, 0.15) is 0 Å². The number of nitrogens with zero attached hydrogens (tertiary/aromatic N) is 2. The molecule has 0 N–H and O–H groups in total. The maximum atomic E-state index is 11.6. The van der Waals surface area contributed by atoms with Gasteiger partial charge in [0.05, 0.1) is 18.5 Å². The van der Waals surface area contributed by atoms with E-state index in [9.17, 15) is 4.79 Å². The van der Waals surface area contributed by atoms with Crippen LogP contribution in [0.1, 0.15) is 18.9 Å². The molecule has 4 heteroatoms. The van der Waals surface area contributed by atoms with Crippen LogP contribution in [-0.2, 0) is 11.2 Å². The lowest BCUT2D eigenvalue weighted by Crippen LogP contribution is -2.35. The lowest BCUT2D eigenvalue weighted by molar-refractivity contribution is -0.116. The molecule has 1 aliphatic rings. The van der Waals surface area contributed by atoms with Crippen molar-refractivity contribution < 1.29 is 4.79 Å². The smallest absolute Gasteiger partial charge is 0.224 e. The molecule has 0 fully saturated rings. The zero-order valence-corrected chi connectivity index (χ0v) is 9.66. The topological polar surface area (TPSA) is 44.1 Å². The van der Waals surface area contributed by atoms with E-state index >= 15 is 0 Å². The molecular weight excluding hydrogens is 224 g/mol. The number of carbonyl (C=O) groups excluding carboxylic acids is 1. The van der Waals surface area contributed by atoms with Gasteiger partial charge in [0.2, 0.25) is 5.91 Å². The number of nitriles is 1. The molecule has 0 saturated carbocycles. The fourth-order valence-corrected chi connectivity index (χ4v) is 2.38. The minimum atomic E-state index is -0.0454. The van der Waals surface area contributed by atoms with Crippen molar-refractivity contribution in [3.05, 3.63) is 28.8 Å². The summed E-state index contributed by atoms with van der Waals surface area (Å²) < 4.78 is 0. The predicted molar refractivity (Wildman–Crippen MR) is 62.3 cm³/mol. The number of hydrogen-bond acceptors (Lipinski definition) is 2. The maximum absolute atomic E-state index is 11.6. The first-order chi connectivity index (χ1) is 7.63. The normalized spacial score (nSPS) is 18.1. The molecular formula is C12H11ClN2O. The molecule has 1 aromatic carbocycles. The third-order valence-electron chi connectivity index (χ3n) is 2.79. The van der Waals surface area contributed by atoms with Crippen LogP contribution in [0.15, 0.2) is 18.2 Å². The Balaban J connectivity index is 2.41. The van der Waals surface area contributed by atoms with Crippen molar-refractivity contribution in [1.29, 1.82) is 5.26 Å². The van der Waals surface area contributed by atoms with Crippen molar-refractivity contribution in [3.8, 4) is 6.07 Å². The average Bonchev–Trinajstić information content (AvgIpc) is 2.55. The summed E-state index contributed by atoms with van der Waals surface area (Å²) >= 11 is 5.91. The minimum Gasteiger partial charge on any atom is -0.308 e. The number of rotatable bonds is 1. The van der Waals surface area contributed by atoms with E-state index in [1.807, 2.05) is 12.1 Å². The van der Waals surface area contributed by atoms with Gasteiger partial charge in [0, 0.05) is 17.6 Å². The molecule has 0 radical (unpaired) electrons. The van der Waals surface area contributed by atoms with Gasteiger partial charge in [-0.1, -0.05) is 11.6 Å². The molecule has 0 spiro atoms. The second kappa shape index (κ2) is 4.15. The van der Waals surface area contributed by atoms with E-state index in [0.29, 0.717) is 17.9 Å². The molecule has 0 unspecified atom stereocenters. The highest BCUT2D eigenvalue weighted by Crippen LogP contribution is 2.35. The number of benzene rings is 1. The first kappa shape index (κ1) is 11.0. The van der Waals surface area contributed by atoms with Crippen LogP contribution < -0.4 is 4.90 Å². The van der Waals surface area contributed by atoms with Crippen LogP contribution in [0.4, 0.5) is 5.69 Å². The van der Waals surface area contributed by atoms with E-state index in [1.54, 1.807) is 11.0 Å². The number of carbonyl (C=O) groups is 1. The van der Waals surface area contributed by atoms with E-state index < -0.39 is 0 Å². The van der Waals surface area contributed by atoms with Crippen LogP contribution in [0, 0.1) is 11.3 Å². The molecule has 0 aromatic heterocycles. The Hall–Kier alpha value is -1.53. The number of halogens is 1. The molecule has 0 saturated heterocycles. The number of anilines is 1. The van der Waals surface area contributed by atoms with Gasteiger partial charge >= 0.3 is 0 Å². The average molecular weight is 235 g/mol. The maximum Gasteiger partial charge on any atom is 0.224 e. The highest BCUT2D eigenvalue weighted by atomic mass is 35.5. The number of hydrogen-bond donors (Lipinski definition) is 0. The fourth-order valence-electron chi connectivity index (χ4n) is 2.19. The summed E-state index contributed by atoms with van der Waals surface area (Å²) in [6, 6.07) is 7.55. The summed E-state index contributed by atoms with van der Waals surface area (Å²) in [6.07, 6.45) is 1.06. The monoisotopic (exact) mass is 234 g/mol. The minimum absolute atomic E-state index is 0.0266. The second-order valence-electron chi connectivity index (χ2n) is 3.88. The molecule has 3 nitrogen and oxygen atoms in total. The Kier molecular flexibility index (Phi) is 2.84. The summed E-state index contributed by atoms with van der Waals surface area (Å²) in [6.45, 7) is 1.52. The van der Waals surface area contributed by atoms with Crippen molar-refractivity contribution in [2.24, 2.45) is 0 Å². The molecule has 1 amide bonds. The first-order valence-corrected chi connectivity index (χ1v) is 5.46. The van der Waals surface area contributed by atoms with Crippen molar-refractivity contribution in [3.63, 3.8) is 0 Å². The Morgan fingerprint density at radius 3 is 3.06 bits per heavy atom. The molecule has 82 valence electrons. The van der Waals surface area contributed by atoms with Gasteiger partial charge in [0.15, 0.2) is 0 Å². The van der Waals surface area contributed by atoms with Gasteiger partial charge in [-0.05, 0) is 30.2 Å². The zero-order valence-electron chi connectivity index (χ0n) is 8.90. The van der Waals surface area contributed by atoms with Gasteiger partial charge in [0.25, 0.3) is 0 Å². The largest absolute Gasteiger partial charge is 0.308 e. The molecule has 2 rings (SSSR count). The summed E-state index contributed by atoms with van der Waals surface area (Å²) in [4.78, 5) is 13.3. The van der Waals surface area contributed by atoms with Crippen LogP contribution in [0.5, 0.6) is 0 Å². The second-order valence-corrected chi connectivity index (χ2v) is 4.32.